The van der Waals surface area contributed by atoms with Crippen LogP contribution in [0.1, 0.15) is 18.9 Å². The van der Waals surface area contributed by atoms with Gasteiger partial charge in [0.15, 0.2) is 5.82 Å². The zero-order chi connectivity index (χ0) is 13.4. The Morgan fingerprint density at radius 1 is 1.11 bits per heavy atom. The monoisotopic (exact) mass is 253 g/mol. The molecule has 0 amide bonds. The number of hydrogen-bond acceptors (Lipinski definition) is 3. The molecule has 0 bridgehead atoms. The molecule has 1 unspecified atom stereocenters. The number of aryl methyl sites for hydroxylation is 1. The highest BCUT2D eigenvalue weighted by Crippen LogP contribution is 2.43. The molecule has 0 aliphatic carbocycles. The highest BCUT2D eigenvalue weighted by molar-refractivity contribution is 5.81. The summed E-state index contributed by atoms with van der Waals surface area (Å²) >= 11 is 0. The van der Waals surface area contributed by atoms with Crippen molar-refractivity contribution in [3.05, 3.63) is 48.2 Å². The Morgan fingerprint density at radius 3 is 2.58 bits per heavy atom. The Hall–Kier alpha value is -2.03. The van der Waals surface area contributed by atoms with Crippen molar-refractivity contribution in [3.63, 3.8) is 0 Å². The van der Waals surface area contributed by atoms with Gasteiger partial charge in [-0.05, 0) is 37.1 Å². The van der Waals surface area contributed by atoms with E-state index in [1.165, 1.54) is 16.9 Å². The van der Waals surface area contributed by atoms with Gasteiger partial charge in [-0.15, -0.1) is 0 Å². The Bertz CT molecular complexity index is 594. The molecule has 0 saturated heterocycles. The van der Waals surface area contributed by atoms with Crippen molar-refractivity contribution in [2.24, 2.45) is 0 Å². The first-order valence-electron chi connectivity index (χ1n) is 6.76. The molecule has 3 nitrogen and oxygen atoms in total. The molecule has 3 rings (SSSR count). The SMILES string of the molecule is CCC1N(C)c2cccnc2N1c1ccccc1C. The number of para-hydroxylation sites is 1. The molecule has 19 heavy (non-hydrogen) atoms. The van der Waals surface area contributed by atoms with Gasteiger partial charge in [0.2, 0.25) is 0 Å². The van der Waals surface area contributed by atoms with Crippen LogP contribution in [-0.4, -0.2) is 18.2 Å². The van der Waals surface area contributed by atoms with E-state index in [1.54, 1.807) is 0 Å². The first-order valence-corrected chi connectivity index (χ1v) is 6.76. The molecular weight excluding hydrogens is 234 g/mol. The summed E-state index contributed by atoms with van der Waals surface area (Å²) in [6.07, 6.45) is 3.27. The lowest BCUT2D eigenvalue weighted by Crippen LogP contribution is -2.38. The predicted molar refractivity (Wildman–Crippen MR) is 80.0 cm³/mol. The van der Waals surface area contributed by atoms with Crippen molar-refractivity contribution < 1.29 is 0 Å². The van der Waals surface area contributed by atoms with E-state index >= 15 is 0 Å². The second-order valence-corrected chi connectivity index (χ2v) is 5.00. The summed E-state index contributed by atoms with van der Waals surface area (Å²) in [5.41, 5.74) is 3.74. The van der Waals surface area contributed by atoms with E-state index in [-0.39, 0.29) is 0 Å². The molecule has 0 saturated carbocycles. The molecule has 1 aromatic carbocycles. The molecule has 98 valence electrons. The van der Waals surface area contributed by atoms with Crippen LogP contribution in [0.2, 0.25) is 0 Å². The van der Waals surface area contributed by atoms with Gasteiger partial charge in [0.1, 0.15) is 6.17 Å². The number of rotatable bonds is 2. The Kier molecular flexibility index (Phi) is 2.90. The topological polar surface area (TPSA) is 19.4 Å². The zero-order valence-corrected chi connectivity index (χ0v) is 11.7. The fourth-order valence-electron chi connectivity index (χ4n) is 2.89. The zero-order valence-electron chi connectivity index (χ0n) is 11.7. The molecule has 1 aliphatic rings. The van der Waals surface area contributed by atoms with E-state index in [1.807, 2.05) is 12.3 Å². The molecule has 2 aromatic rings. The highest BCUT2D eigenvalue weighted by Gasteiger charge is 2.34. The minimum Gasteiger partial charge on any atom is -0.351 e. The average Bonchev–Trinajstić information content (AvgIpc) is 2.72. The maximum absolute atomic E-state index is 4.59. The van der Waals surface area contributed by atoms with E-state index in [0.29, 0.717) is 6.17 Å². The molecule has 1 aromatic heterocycles. The number of hydrogen-bond donors (Lipinski definition) is 0. The highest BCUT2D eigenvalue weighted by atomic mass is 15.4. The number of anilines is 3. The van der Waals surface area contributed by atoms with Crippen LogP contribution in [0, 0.1) is 6.92 Å². The molecule has 0 spiro atoms. The smallest absolute Gasteiger partial charge is 0.158 e. The predicted octanol–water partition coefficient (Wildman–Crippen LogP) is 3.71. The van der Waals surface area contributed by atoms with Crippen molar-refractivity contribution in [2.45, 2.75) is 26.4 Å². The Balaban J connectivity index is 2.17. The molecule has 1 aliphatic heterocycles. The van der Waals surface area contributed by atoms with Crippen molar-refractivity contribution >= 4 is 17.2 Å². The van der Waals surface area contributed by atoms with Gasteiger partial charge in [0.25, 0.3) is 0 Å². The number of benzene rings is 1. The fraction of sp³-hybridized carbons (Fsp3) is 0.312. The first-order chi connectivity index (χ1) is 9.24. The molecular formula is C16H19N3. The summed E-state index contributed by atoms with van der Waals surface area (Å²) in [6, 6.07) is 12.7. The molecule has 0 radical (unpaired) electrons. The summed E-state index contributed by atoms with van der Waals surface area (Å²) in [5.74, 6) is 1.06. The van der Waals surface area contributed by atoms with Gasteiger partial charge in [-0.3, -0.25) is 0 Å². The van der Waals surface area contributed by atoms with Gasteiger partial charge in [0, 0.05) is 18.9 Å². The summed E-state index contributed by atoms with van der Waals surface area (Å²) in [7, 11) is 2.15. The van der Waals surface area contributed by atoms with Gasteiger partial charge in [-0.1, -0.05) is 25.1 Å². The van der Waals surface area contributed by atoms with Crippen molar-refractivity contribution in [1.82, 2.24) is 4.98 Å². The van der Waals surface area contributed by atoms with Gasteiger partial charge in [-0.2, -0.15) is 0 Å². The number of fused-ring (bicyclic) bond motifs is 1. The standard InChI is InChI=1S/C16H19N3/c1-4-15-18(3)14-10-7-11-17-16(14)19(15)13-9-6-5-8-12(13)2/h5-11,15H,4H2,1-3H3. The lowest BCUT2D eigenvalue weighted by atomic mass is 10.1. The summed E-state index contributed by atoms with van der Waals surface area (Å²) < 4.78 is 0. The quantitative estimate of drug-likeness (QED) is 0.813. The van der Waals surface area contributed by atoms with Crippen LogP contribution in [0.25, 0.3) is 0 Å². The lowest BCUT2D eigenvalue weighted by Gasteiger charge is -2.30. The largest absolute Gasteiger partial charge is 0.351 e. The van der Waals surface area contributed by atoms with Crippen LogP contribution in [0.5, 0.6) is 0 Å². The van der Waals surface area contributed by atoms with Crippen LogP contribution in [0.4, 0.5) is 17.2 Å². The third-order valence-corrected chi connectivity index (χ3v) is 3.86. The second-order valence-electron chi connectivity index (χ2n) is 5.00. The van der Waals surface area contributed by atoms with Crippen LogP contribution in [-0.2, 0) is 0 Å². The summed E-state index contributed by atoms with van der Waals surface area (Å²) in [5, 5.41) is 0. The van der Waals surface area contributed by atoms with E-state index in [4.69, 9.17) is 0 Å². The van der Waals surface area contributed by atoms with Crippen molar-refractivity contribution in [3.8, 4) is 0 Å². The van der Waals surface area contributed by atoms with E-state index in [9.17, 15) is 0 Å². The van der Waals surface area contributed by atoms with Gasteiger partial charge in [0.05, 0.1) is 5.69 Å². The van der Waals surface area contributed by atoms with Crippen molar-refractivity contribution in [1.29, 1.82) is 0 Å². The minimum absolute atomic E-state index is 0.339. The number of aromatic nitrogens is 1. The summed E-state index contributed by atoms with van der Waals surface area (Å²) in [6.45, 7) is 4.38. The fourth-order valence-corrected chi connectivity index (χ4v) is 2.89. The average molecular weight is 253 g/mol. The van der Waals surface area contributed by atoms with E-state index in [2.05, 4.69) is 66.0 Å². The maximum atomic E-state index is 4.59. The number of nitrogens with zero attached hydrogens (tertiary/aromatic N) is 3. The number of pyridine rings is 1. The molecule has 0 fully saturated rings. The Morgan fingerprint density at radius 2 is 1.84 bits per heavy atom. The summed E-state index contributed by atoms with van der Waals surface area (Å²) in [4.78, 5) is 9.26. The van der Waals surface area contributed by atoms with Crippen LogP contribution in [0.3, 0.4) is 0 Å². The normalized spacial score (nSPS) is 17.7. The van der Waals surface area contributed by atoms with Gasteiger partial charge in [-0.25, -0.2) is 4.98 Å². The van der Waals surface area contributed by atoms with Gasteiger partial charge >= 0.3 is 0 Å². The minimum atomic E-state index is 0.339. The molecule has 0 N–H and O–H groups in total. The molecule has 3 heteroatoms. The third kappa shape index (κ3) is 1.77. The molecule has 1 atom stereocenters. The second kappa shape index (κ2) is 4.57. The van der Waals surface area contributed by atoms with Crippen LogP contribution < -0.4 is 9.80 Å². The van der Waals surface area contributed by atoms with Crippen molar-refractivity contribution in [2.75, 3.05) is 16.8 Å². The van der Waals surface area contributed by atoms with E-state index < -0.39 is 0 Å². The third-order valence-electron chi connectivity index (χ3n) is 3.86. The lowest BCUT2D eigenvalue weighted by molar-refractivity contribution is 0.644. The first kappa shape index (κ1) is 12.0. The molecule has 2 heterocycles. The van der Waals surface area contributed by atoms with E-state index in [0.717, 1.165) is 12.2 Å². The van der Waals surface area contributed by atoms with Crippen LogP contribution >= 0.6 is 0 Å². The maximum Gasteiger partial charge on any atom is 0.158 e. The Labute approximate surface area is 114 Å². The van der Waals surface area contributed by atoms with Crippen LogP contribution in [0.15, 0.2) is 42.6 Å². The van der Waals surface area contributed by atoms with Gasteiger partial charge < -0.3 is 9.80 Å².